The summed E-state index contributed by atoms with van der Waals surface area (Å²) < 4.78 is 7.27. The van der Waals surface area contributed by atoms with Crippen molar-refractivity contribution in [3.63, 3.8) is 0 Å². The number of aryl methyl sites for hydroxylation is 1. The van der Waals surface area contributed by atoms with Gasteiger partial charge in [-0.25, -0.2) is 4.68 Å². The normalized spacial score (nSPS) is 10.8. The van der Waals surface area contributed by atoms with E-state index in [2.05, 4.69) is 10.3 Å². The number of benzene rings is 1. The van der Waals surface area contributed by atoms with Crippen molar-refractivity contribution < 1.29 is 9.84 Å². The molecular weight excluding hydrogens is 301 g/mol. The zero-order chi connectivity index (χ0) is 14.4. The lowest BCUT2D eigenvalue weighted by molar-refractivity contribution is 0.288. The molecule has 108 valence electrons. The summed E-state index contributed by atoms with van der Waals surface area (Å²) in [5.74, 6) is 0.594. The van der Waals surface area contributed by atoms with E-state index in [9.17, 15) is 0 Å². The number of aliphatic hydroxyl groups excluding tert-OH is 1. The average molecular weight is 316 g/mol. The lowest BCUT2D eigenvalue weighted by Gasteiger charge is -2.07. The van der Waals surface area contributed by atoms with Gasteiger partial charge in [0.25, 0.3) is 0 Å². The van der Waals surface area contributed by atoms with Gasteiger partial charge in [-0.05, 0) is 31.0 Å². The van der Waals surface area contributed by atoms with E-state index in [0.29, 0.717) is 35.4 Å². The summed E-state index contributed by atoms with van der Waals surface area (Å²) in [6.07, 6.45) is 3.26. The van der Waals surface area contributed by atoms with Crippen LogP contribution < -0.4 is 4.74 Å². The van der Waals surface area contributed by atoms with E-state index in [-0.39, 0.29) is 6.61 Å². The topological polar surface area (TPSA) is 60.2 Å². The molecule has 1 heterocycles. The Balaban J connectivity index is 1.82. The van der Waals surface area contributed by atoms with E-state index < -0.39 is 0 Å². The van der Waals surface area contributed by atoms with E-state index in [1.165, 1.54) is 0 Å². The van der Waals surface area contributed by atoms with E-state index in [1.807, 2.05) is 6.20 Å². The summed E-state index contributed by atoms with van der Waals surface area (Å²) in [4.78, 5) is 0. The van der Waals surface area contributed by atoms with Gasteiger partial charge in [0, 0.05) is 17.8 Å². The molecule has 0 bridgehead atoms. The molecule has 2 rings (SSSR count). The maximum absolute atomic E-state index is 8.75. The van der Waals surface area contributed by atoms with Crippen molar-refractivity contribution in [2.24, 2.45) is 0 Å². The van der Waals surface area contributed by atoms with Crippen LogP contribution in [0.25, 0.3) is 0 Å². The van der Waals surface area contributed by atoms with Crippen LogP contribution in [0.4, 0.5) is 0 Å². The Kier molecular flexibility index (Phi) is 5.64. The zero-order valence-corrected chi connectivity index (χ0v) is 12.3. The maximum atomic E-state index is 8.75. The van der Waals surface area contributed by atoms with Crippen molar-refractivity contribution in [3.8, 4) is 5.75 Å². The van der Waals surface area contributed by atoms with E-state index in [1.54, 1.807) is 22.9 Å². The zero-order valence-electron chi connectivity index (χ0n) is 10.8. The molecule has 0 saturated heterocycles. The van der Waals surface area contributed by atoms with Crippen LogP contribution in [-0.4, -0.2) is 33.3 Å². The predicted octanol–water partition coefficient (Wildman–Crippen LogP) is 2.59. The fraction of sp³-hybridized carbons (Fsp3) is 0.385. The summed E-state index contributed by atoms with van der Waals surface area (Å²) in [5.41, 5.74) is 0.864. The van der Waals surface area contributed by atoms with Crippen molar-refractivity contribution in [1.82, 2.24) is 15.0 Å². The van der Waals surface area contributed by atoms with Crippen LogP contribution >= 0.6 is 23.2 Å². The quantitative estimate of drug-likeness (QED) is 0.853. The largest absolute Gasteiger partial charge is 0.490 e. The van der Waals surface area contributed by atoms with Crippen LogP contribution in [0.2, 0.25) is 10.0 Å². The number of halogens is 2. The minimum Gasteiger partial charge on any atom is -0.490 e. The SMILES string of the molecule is OCCCc1cn(CCOc2ccc(Cl)cc2Cl)nn1. The summed E-state index contributed by atoms with van der Waals surface area (Å²) in [5, 5.41) is 17.8. The molecule has 1 N–H and O–H groups in total. The highest BCUT2D eigenvalue weighted by molar-refractivity contribution is 6.35. The van der Waals surface area contributed by atoms with Crippen molar-refractivity contribution in [2.75, 3.05) is 13.2 Å². The number of hydrogen-bond donors (Lipinski definition) is 1. The van der Waals surface area contributed by atoms with Gasteiger partial charge < -0.3 is 9.84 Å². The molecule has 0 aliphatic rings. The van der Waals surface area contributed by atoms with Gasteiger partial charge in [0.2, 0.25) is 0 Å². The number of nitrogens with zero attached hydrogens (tertiary/aromatic N) is 3. The number of aromatic nitrogens is 3. The maximum Gasteiger partial charge on any atom is 0.138 e. The number of rotatable bonds is 7. The summed E-state index contributed by atoms with van der Waals surface area (Å²) in [7, 11) is 0. The molecule has 2 aromatic rings. The highest BCUT2D eigenvalue weighted by atomic mass is 35.5. The number of aliphatic hydroxyl groups is 1. The predicted molar refractivity (Wildman–Crippen MR) is 77.4 cm³/mol. The standard InChI is InChI=1S/C13H15Cl2N3O2/c14-10-3-4-13(12(15)8-10)20-7-5-18-9-11(16-17-18)2-1-6-19/h3-4,8-9,19H,1-2,5-7H2. The summed E-state index contributed by atoms with van der Waals surface area (Å²) >= 11 is 11.8. The first-order valence-corrected chi connectivity index (χ1v) is 7.02. The smallest absolute Gasteiger partial charge is 0.138 e. The second kappa shape index (κ2) is 7.47. The molecular formula is C13H15Cl2N3O2. The molecule has 0 fully saturated rings. The van der Waals surface area contributed by atoms with Gasteiger partial charge >= 0.3 is 0 Å². The molecule has 0 aliphatic carbocycles. The Labute approximate surface area is 127 Å². The van der Waals surface area contributed by atoms with Gasteiger partial charge in [-0.2, -0.15) is 0 Å². The minimum absolute atomic E-state index is 0.158. The Hall–Kier alpha value is -1.30. The molecule has 0 unspecified atom stereocenters. The Bertz CT molecular complexity index is 560. The first kappa shape index (κ1) is 15.1. The molecule has 1 aromatic heterocycles. The number of ether oxygens (including phenoxy) is 1. The van der Waals surface area contributed by atoms with E-state index in [4.69, 9.17) is 33.0 Å². The van der Waals surface area contributed by atoms with Crippen LogP contribution in [0.3, 0.4) is 0 Å². The van der Waals surface area contributed by atoms with E-state index >= 15 is 0 Å². The third-order valence-electron chi connectivity index (χ3n) is 2.65. The minimum atomic E-state index is 0.158. The summed E-state index contributed by atoms with van der Waals surface area (Å²) in [6, 6.07) is 5.10. The van der Waals surface area contributed by atoms with Gasteiger partial charge in [-0.3, -0.25) is 0 Å². The molecule has 0 atom stereocenters. The van der Waals surface area contributed by atoms with Crippen molar-refractivity contribution in [3.05, 3.63) is 40.1 Å². The Morgan fingerprint density at radius 3 is 2.90 bits per heavy atom. The molecule has 0 spiro atoms. The van der Waals surface area contributed by atoms with Gasteiger partial charge in [-0.15, -0.1) is 5.10 Å². The third-order valence-corrected chi connectivity index (χ3v) is 3.18. The first-order valence-electron chi connectivity index (χ1n) is 6.27. The Morgan fingerprint density at radius 2 is 2.15 bits per heavy atom. The average Bonchev–Trinajstić information content (AvgIpc) is 2.87. The fourth-order valence-electron chi connectivity index (χ4n) is 1.66. The van der Waals surface area contributed by atoms with Gasteiger partial charge in [0.15, 0.2) is 0 Å². The van der Waals surface area contributed by atoms with Crippen LogP contribution in [-0.2, 0) is 13.0 Å². The molecule has 20 heavy (non-hydrogen) atoms. The Morgan fingerprint density at radius 1 is 1.30 bits per heavy atom. The molecule has 7 heteroatoms. The lowest BCUT2D eigenvalue weighted by Crippen LogP contribution is -2.09. The fourth-order valence-corrected chi connectivity index (χ4v) is 2.13. The van der Waals surface area contributed by atoms with Crippen molar-refractivity contribution in [2.45, 2.75) is 19.4 Å². The highest BCUT2D eigenvalue weighted by Gasteiger charge is 2.04. The molecule has 0 saturated carbocycles. The number of hydrogen-bond acceptors (Lipinski definition) is 4. The highest BCUT2D eigenvalue weighted by Crippen LogP contribution is 2.27. The summed E-state index contributed by atoms with van der Waals surface area (Å²) in [6.45, 7) is 1.17. The van der Waals surface area contributed by atoms with Crippen LogP contribution in [0.5, 0.6) is 5.75 Å². The molecule has 5 nitrogen and oxygen atoms in total. The van der Waals surface area contributed by atoms with Gasteiger partial charge in [0.1, 0.15) is 12.4 Å². The van der Waals surface area contributed by atoms with Gasteiger partial charge in [0.05, 0.1) is 17.3 Å². The first-order chi connectivity index (χ1) is 9.69. The lowest BCUT2D eigenvalue weighted by atomic mass is 10.3. The molecule has 0 aliphatic heterocycles. The van der Waals surface area contributed by atoms with Crippen LogP contribution in [0.15, 0.2) is 24.4 Å². The van der Waals surface area contributed by atoms with Crippen LogP contribution in [0.1, 0.15) is 12.1 Å². The second-order valence-corrected chi connectivity index (χ2v) is 5.07. The molecule has 0 radical (unpaired) electrons. The second-order valence-electron chi connectivity index (χ2n) is 4.22. The monoisotopic (exact) mass is 315 g/mol. The molecule has 1 aromatic carbocycles. The van der Waals surface area contributed by atoms with Crippen molar-refractivity contribution in [1.29, 1.82) is 0 Å². The molecule has 0 amide bonds. The van der Waals surface area contributed by atoms with Gasteiger partial charge in [-0.1, -0.05) is 28.4 Å². The third kappa shape index (κ3) is 4.37. The van der Waals surface area contributed by atoms with Crippen LogP contribution in [0, 0.1) is 0 Å². The van der Waals surface area contributed by atoms with E-state index in [0.717, 1.165) is 12.1 Å². The van der Waals surface area contributed by atoms with Crippen molar-refractivity contribution >= 4 is 23.2 Å².